The van der Waals surface area contributed by atoms with E-state index in [9.17, 15) is 27.6 Å². The Morgan fingerprint density at radius 3 is 2.40 bits per heavy atom. The number of alkyl halides is 3. The number of amides is 4. The number of likely N-dealkylation sites (N-methyl/N-ethyl adjacent to an activating group) is 2. The summed E-state index contributed by atoms with van der Waals surface area (Å²) in [6, 6.07) is 11.2. The van der Waals surface area contributed by atoms with Gasteiger partial charge in [-0.2, -0.15) is 13.2 Å². The van der Waals surface area contributed by atoms with Gasteiger partial charge in [-0.3, -0.25) is 14.5 Å². The predicted octanol–water partition coefficient (Wildman–Crippen LogP) is 3.25. The molecule has 0 radical (unpaired) electrons. The third-order valence-electron chi connectivity index (χ3n) is 6.34. The first-order valence-electron chi connectivity index (χ1n) is 11.2. The third kappa shape index (κ3) is 4.48. The van der Waals surface area contributed by atoms with Gasteiger partial charge in [-0.25, -0.2) is 4.79 Å². The van der Waals surface area contributed by atoms with E-state index in [4.69, 9.17) is 0 Å². The maximum Gasteiger partial charge on any atom is 0.416 e. The number of carbonyl (C=O) groups excluding carboxylic acids is 3. The summed E-state index contributed by atoms with van der Waals surface area (Å²) in [5.41, 5.74) is 0.0291. The van der Waals surface area contributed by atoms with Crippen LogP contribution in [0.1, 0.15) is 29.7 Å². The second-order valence-corrected chi connectivity index (χ2v) is 8.32. The minimum atomic E-state index is -4.68. The molecule has 0 saturated carbocycles. The molecule has 4 rings (SSSR count). The van der Waals surface area contributed by atoms with Gasteiger partial charge in [-0.15, -0.1) is 0 Å². The normalized spacial score (nSPS) is 18.9. The number of carbonyl (C=O) groups is 3. The van der Waals surface area contributed by atoms with Crippen molar-refractivity contribution in [1.29, 1.82) is 0 Å². The van der Waals surface area contributed by atoms with Gasteiger partial charge in [0.25, 0.3) is 5.91 Å². The number of nitrogens with one attached hydrogen (secondary N) is 2. The van der Waals surface area contributed by atoms with Crippen LogP contribution in [-0.4, -0.2) is 53.8 Å². The standard InChI is InChI=1S/C25H25F3N4O3/c1-3-31-19-14-32(18(22(33)29-2)13-15-9-5-4-6-10-15)23(34)20(19)21(30-24(31)35)16-11-7-8-12-17(16)25(26,27)28/h4-12,18,21H,3,13-14H2,1-2H3,(H,29,33)(H,30,35)/t18-,21-/m1/s1. The molecule has 0 unspecified atom stereocenters. The molecule has 0 fully saturated rings. The molecule has 0 aromatic heterocycles. The quantitative estimate of drug-likeness (QED) is 0.658. The Bertz CT molecular complexity index is 1180. The summed E-state index contributed by atoms with van der Waals surface area (Å²) in [7, 11) is 1.46. The Kier molecular flexibility index (Phi) is 6.56. The molecule has 7 nitrogen and oxygen atoms in total. The van der Waals surface area contributed by atoms with E-state index in [1.807, 2.05) is 30.3 Å². The number of hydrogen-bond acceptors (Lipinski definition) is 3. The first-order chi connectivity index (χ1) is 16.7. The number of rotatable bonds is 6. The Morgan fingerprint density at radius 1 is 1.11 bits per heavy atom. The van der Waals surface area contributed by atoms with Crippen LogP contribution < -0.4 is 10.6 Å². The van der Waals surface area contributed by atoms with Crippen LogP contribution in [0.5, 0.6) is 0 Å². The van der Waals surface area contributed by atoms with Crippen molar-refractivity contribution in [1.82, 2.24) is 20.4 Å². The van der Waals surface area contributed by atoms with E-state index >= 15 is 0 Å². The first kappa shape index (κ1) is 24.3. The summed E-state index contributed by atoms with van der Waals surface area (Å²) in [6.45, 7) is 1.86. The van der Waals surface area contributed by atoms with Gasteiger partial charge in [-0.1, -0.05) is 48.5 Å². The first-order valence-corrected chi connectivity index (χ1v) is 11.2. The van der Waals surface area contributed by atoms with Gasteiger partial charge in [0, 0.05) is 20.0 Å². The molecule has 184 valence electrons. The van der Waals surface area contributed by atoms with Crippen LogP contribution in [0.4, 0.5) is 18.0 Å². The highest BCUT2D eigenvalue weighted by Crippen LogP contribution is 2.42. The fourth-order valence-electron chi connectivity index (χ4n) is 4.69. The van der Waals surface area contributed by atoms with Gasteiger partial charge in [-0.05, 0) is 24.1 Å². The number of halogens is 3. The van der Waals surface area contributed by atoms with Crippen LogP contribution in [0.2, 0.25) is 0 Å². The minimum absolute atomic E-state index is 0.0464. The van der Waals surface area contributed by atoms with E-state index in [0.29, 0.717) is 5.70 Å². The van der Waals surface area contributed by atoms with Crippen LogP contribution in [0.25, 0.3) is 0 Å². The van der Waals surface area contributed by atoms with Crippen LogP contribution in [0.15, 0.2) is 65.9 Å². The highest BCUT2D eigenvalue weighted by atomic mass is 19.4. The average Bonchev–Trinajstić information content (AvgIpc) is 3.18. The minimum Gasteiger partial charge on any atom is -0.357 e. The summed E-state index contributed by atoms with van der Waals surface area (Å²) in [4.78, 5) is 42.1. The van der Waals surface area contributed by atoms with Gasteiger partial charge in [0.15, 0.2) is 0 Å². The van der Waals surface area contributed by atoms with Crippen LogP contribution >= 0.6 is 0 Å². The monoisotopic (exact) mass is 486 g/mol. The lowest BCUT2D eigenvalue weighted by molar-refractivity contribution is -0.138. The lowest BCUT2D eigenvalue weighted by Crippen LogP contribution is -2.49. The Morgan fingerprint density at radius 2 is 1.77 bits per heavy atom. The number of hydrogen-bond donors (Lipinski definition) is 2. The van der Waals surface area contributed by atoms with E-state index in [1.165, 1.54) is 35.0 Å². The highest BCUT2D eigenvalue weighted by molar-refractivity contribution is 6.03. The topological polar surface area (TPSA) is 81.8 Å². The molecule has 2 aliphatic rings. The van der Waals surface area contributed by atoms with E-state index in [0.717, 1.165) is 11.6 Å². The molecule has 0 saturated heterocycles. The molecule has 35 heavy (non-hydrogen) atoms. The zero-order valence-corrected chi connectivity index (χ0v) is 19.2. The van der Waals surface area contributed by atoms with Crippen LogP contribution in [0, 0.1) is 0 Å². The average molecular weight is 486 g/mol. The molecule has 2 atom stereocenters. The lowest BCUT2D eigenvalue weighted by atomic mass is 9.91. The largest absolute Gasteiger partial charge is 0.416 e. The summed E-state index contributed by atoms with van der Waals surface area (Å²) in [5.74, 6) is -0.985. The molecule has 2 heterocycles. The molecule has 2 aromatic rings. The maximum absolute atomic E-state index is 13.8. The molecule has 10 heteroatoms. The molecule has 0 spiro atoms. The van der Waals surface area contributed by atoms with E-state index in [1.54, 1.807) is 6.92 Å². The van der Waals surface area contributed by atoms with Gasteiger partial charge in [0.1, 0.15) is 6.04 Å². The molecule has 0 aliphatic carbocycles. The second kappa shape index (κ2) is 9.44. The molecule has 2 aromatic carbocycles. The van der Waals surface area contributed by atoms with Gasteiger partial charge < -0.3 is 15.5 Å². The molecule has 2 aliphatic heterocycles. The number of benzene rings is 2. The molecule has 4 amide bonds. The van der Waals surface area contributed by atoms with E-state index in [2.05, 4.69) is 10.6 Å². The third-order valence-corrected chi connectivity index (χ3v) is 6.34. The van der Waals surface area contributed by atoms with Crippen molar-refractivity contribution in [3.8, 4) is 0 Å². The van der Waals surface area contributed by atoms with Gasteiger partial charge >= 0.3 is 12.2 Å². The van der Waals surface area contributed by atoms with Crippen molar-refractivity contribution in [2.24, 2.45) is 0 Å². The number of nitrogens with zero attached hydrogens (tertiary/aromatic N) is 2. The smallest absolute Gasteiger partial charge is 0.357 e. The summed E-state index contributed by atoms with van der Waals surface area (Å²) < 4.78 is 41.4. The second-order valence-electron chi connectivity index (χ2n) is 8.32. The highest BCUT2D eigenvalue weighted by Gasteiger charge is 2.48. The summed E-state index contributed by atoms with van der Waals surface area (Å²) in [5, 5.41) is 5.16. The van der Waals surface area contributed by atoms with Crippen molar-refractivity contribution in [2.45, 2.75) is 31.6 Å². The van der Waals surface area contributed by atoms with Crippen molar-refractivity contribution >= 4 is 17.8 Å². The Balaban J connectivity index is 1.78. The predicted molar refractivity (Wildman–Crippen MR) is 122 cm³/mol. The fraction of sp³-hybridized carbons (Fsp3) is 0.320. The maximum atomic E-state index is 13.8. The van der Waals surface area contributed by atoms with E-state index in [-0.39, 0.29) is 30.6 Å². The SMILES string of the molecule is CCN1C(=O)N[C@H](c2ccccc2C(F)(F)F)C2=C1CN([C@H](Cc1ccccc1)C(=O)NC)C2=O. The van der Waals surface area contributed by atoms with Crippen LogP contribution in [0.3, 0.4) is 0 Å². The van der Waals surface area contributed by atoms with Crippen LogP contribution in [-0.2, 0) is 22.2 Å². The Labute approximate surface area is 200 Å². The summed E-state index contributed by atoms with van der Waals surface area (Å²) >= 11 is 0. The molecule has 2 N–H and O–H groups in total. The van der Waals surface area contributed by atoms with Crippen molar-refractivity contribution in [2.75, 3.05) is 20.1 Å². The van der Waals surface area contributed by atoms with E-state index < -0.39 is 41.7 Å². The molecule has 0 bridgehead atoms. The molecular weight excluding hydrogens is 461 g/mol. The number of urea groups is 1. The van der Waals surface area contributed by atoms with Crippen molar-refractivity contribution in [3.63, 3.8) is 0 Å². The van der Waals surface area contributed by atoms with Gasteiger partial charge in [0.2, 0.25) is 5.91 Å². The fourth-order valence-corrected chi connectivity index (χ4v) is 4.69. The molecular formula is C25H25F3N4O3. The summed E-state index contributed by atoms with van der Waals surface area (Å²) in [6.07, 6.45) is -4.46. The van der Waals surface area contributed by atoms with Gasteiger partial charge in [0.05, 0.1) is 29.4 Å². The van der Waals surface area contributed by atoms with Crippen molar-refractivity contribution in [3.05, 3.63) is 82.6 Å². The van der Waals surface area contributed by atoms with Crippen molar-refractivity contribution < 1.29 is 27.6 Å². The Hall–Kier alpha value is -3.82. The zero-order chi connectivity index (χ0) is 25.3. The zero-order valence-electron chi connectivity index (χ0n) is 19.2. The lowest BCUT2D eigenvalue weighted by Gasteiger charge is -2.33.